The topological polar surface area (TPSA) is 24.9 Å². The van der Waals surface area contributed by atoms with Gasteiger partial charge in [0.2, 0.25) is 0 Å². The molecule has 1 aromatic heterocycles. The molecule has 1 saturated carbocycles. The summed E-state index contributed by atoms with van der Waals surface area (Å²) in [6.07, 6.45) is 3.04. The number of rotatable bonds is 5. The van der Waals surface area contributed by atoms with Gasteiger partial charge in [0.25, 0.3) is 0 Å². The second-order valence-electron chi connectivity index (χ2n) is 5.04. The van der Waals surface area contributed by atoms with Crippen molar-refractivity contribution in [2.45, 2.75) is 43.2 Å². The third-order valence-electron chi connectivity index (χ3n) is 3.68. The fraction of sp³-hybridized carbons (Fsp3) is 0.643. The first-order chi connectivity index (χ1) is 9.52. The lowest BCUT2D eigenvalue weighted by Crippen LogP contribution is -2.23. The van der Waals surface area contributed by atoms with Gasteiger partial charge in [-0.2, -0.15) is 24.9 Å². The second kappa shape index (κ2) is 6.80. The highest BCUT2D eigenvalue weighted by Crippen LogP contribution is 2.36. The van der Waals surface area contributed by atoms with Crippen molar-refractivity contribution in [1.82, 2.24) is 10.3 Å². The van der Waals surface area contributed by atoms with Crippen LogP contribution in [0, 0.1) is 0 Å². The zero-order valence-corrected chi connectivity index (χ0v) is 12.2. The Kier molecular flexibility index (Phi) is 5.32. The molecule has 1 N–H and O–H groups in total. The van der Waals surface area contributed by atoms with Crippen molar-refractivity contribution in [3.05, 3.63) is 29.6 Å². The number of hydrogen-bond donors (Lipinski definition) is 1. The molecule has 1 heterocycles. The van der Waals surface area contributed by atoms with Crippen molar-refractivity contribution in [3.63, 3.8) is 0 Å². The standard InChI is InChI=1S/C14H19F3N2S/c1-18-13(9-20-10-4-2-3-5-10)11-8-19-7-6-12(11)14(15,16)17/h6-8,10,13,18H,2-5,9H2,1H3. The van der Waals surface area contributed by atoms with Crippen molar-refractivity contribution >= 4 is 11.8 Å². The molecule has 0 bridgehead atoms. The quantitative estimate of drug-likeness (QED) is 0.889. The molecule has 1 aromatic rings. The molecular weight excluding hydrogens is 285 g/mol. The van der Waals surface area contributed by atoms with Crippen LogP contribution in [0.15, 0.2) is 18.5 Å². The van der Waals surface area contributed by atoms with Crippen LogP contribution >= 0.6 is 11.8 Å². The summed E-state index contributed by atoms with van der Waals surface area (Å²) in [5.74, 6) is 0.649. The van der Waals surface area contributed by atoms with Crippen LogP contribution in [0.1, 0.15) is 42.9 Å². The minimum absolute atomic E-state index is 0.244. The van der Waals surface area contributed by atoms with Crippen LogP contribution in [0.25, 0.3) is 0 Å². The zero-order chi connectivity index (χ0) is 14.6. The van der Waals surface area contributed by atoms with Crippen LogP contribution in [-0.4, -0.2) is 23.0 Å². The highest BCUT2D eigenvalue weighted by Gasteiger charge is 2.35. The van der Waals surface area contributed by atoms with Crippen molar-refractivity contribution < 1.29 is 13.2 Å². The van der Waals surface area contributed by atoms with Gasteiger partial charge in [0.05, 0.1) is 5.56 Å². The molecule has 0 saturated heterocycles. The van der Waals surface area contributed by atoms with Gasteiger partial charge in [-0.25, -0.2) is 0 Å². The first-order valence-electron chi connectivity index (χ1n) is 6.82. The Hall–Kier alpha value is -0.750. The summed E-state index contributed by atoms with van der Waals surface area (Å²) in [6, 6.07) is 0.742. The molecule has 0 spiro atoms. The number of thioether (sulfide) groups is 1. The van der Waals surface area contributed by atoms with Crippen LogP contribution in [0.4, 0.5) is 13.2 Å². The SMILES string of the molecule is CNC(CSC1CCCC1)c1cnccc1C(F)(F)F. The third kappa shape index (κ3) is 3.88. The summed E-state index contributed by atoms with van der Waals surface area (Å²) >= 11 is 1.77. The molecule has 2 rings (SSSR count). The Morgan fingerprint density at radius 1 is 1.40 bits per heavy atom. The predicted molar refractivity (Wildman–Crippen MR) is 75.8 cm³/mol. The first kappa shape index (κ1) is 15.6. The smallest absolute Gasteiger partial charge is 0.312 e. The van der Waals surface area contributed by atoms with Gasteiger partial charge in [0.1, 0.15) is 0 Å². The van der Waals surface area contributed by atoms with Crippen molar-refractivity contribution in [2.75, 3.05) is 12.8 Å². The number of alkyl halides is 3. The fourth-order valence-corrected chi connectivity index (χ4v) is 4.04. The van der Waals surface area contributed by atoms with E-state index in [2.05, 4.69) is 10.3 Å². The monoisotopic (exact) mass is 304 g/mol. The maximum absolute atomic E-state index is 13.0. The average Bonchev–Trinajstić information content (AvgIpc) is 2.92. The largest absolute Gasteiger partial charge is 0.416 e. The molecular formula is C14H19F3N2S. The minimum Gasteiger partial charge on any atom is -0.312 e. The summed E-state index contributed by atoms with van der Waals surface area (Å²) < 4.78 is 39.1. The molecule has 20 heavy (non-hydrogen) atoms. The highest BCUT2D eigenvalue weighted by molar-refractivity contribution is 7.99. The Bertz CT molecular complexity index is 431. The van der Waals surface area contributed by atoms with E-state index in [1.54, 1.807) is 18.8 Å². The number of nitrogens with zero attached hydrogens (tertiary/aromatic N) is 1. The van der Waals surface area contributed by atoms with E-state index in [4.69, 9.17) is 0 Å². The molecule has 1 unspecified atom stereocenters. The molecule has 0 aliphatic heterocycles. The lowest BCUT2D eigenvalue weighted by molar-refractivity contribution is -0.138. The van der Waals surface area contributed by atoms with E-state index in [-0.39, 0.29) is 11.6 Å². The Labute approximate surface area is 121 Å². The second-order valence-corrected chi connectivity index (χ2v) is 6.38. The van der Waals surface area contributed by atoms with Gasteiger partial charge in [0, 0.05) is 35.0 Å². The number of pyridine rings is 1. The maximum atomic E-state index is 13.0. The first-order valence-corrected chi connectivity index (χ1v) is 7.87. The molecule has 6 heteroatoms. The summed E-state index contributed by atoms with van der Waals surface area (Å²) in [5.41, 5.74) is -0.341. The number of halogens is 3. The van der Waals surface area contributed by atoms with E-state index in [0.717, 1.165) is 6.07 Å². The van der Waals surface area contributed by atoms with Crippen LogP contribution in [-0.2, 0) is 6.18 Å². The number of hydrogen-bond acceptors (Lipinski definition) is 3. The maximum Gasteiger partial charge on any atom is 0.416 e. The van der Waals surface area contributed by atoms with Gasteiger partial charge >= 0.3 is 6.18 Å². The highest BCUT2D eigenvalue weighted by atomic mass is 32.2. The van der Waals surface area contributed by atoms with E-state index in [1.165, 1.54) is 38.1 Å². The molecule has 0 amide bonds. The molecule has 0 aromatic carbocycles. The zero-order valence-electron chi connectivity index (χ0n) is 11.4. The molecule has 2 nitrogen and oxygen atoms in total. The molecule has 1 aliphatic rings. The average molecular weight is 304 g/mol. The predicted octanol–water partition coefficient (Wildman–Crippen LogP) is 4.04. The lowest BCUT2D eigenvalue weighted by Gasteiger charge is -2.22. The Morgan fingerprint density at radius 2 is 2.10 bits per heavy atom. The van der Waals surface area contributed by atoms with E-state index in [9.17, 15) is 13.2 Å². The Morgan fingerprint density at radius 3 is 2.70 bits per heavy atom. The van der Waals surface area contributed by atoms with Crippen LogP contribution in [0.5, 0.6) is 0 Å². The Balaban J connectivity index is 2.10. The summed E-state index contributed by atoms with van der Waals surface area (Å²) in [7, 11) is 1.70. The molecule has 1 fully saturated rings. The van der Waals surface area contributed by atoms with Crippen molar-refractivity contribution in [2.24, 2.45) is 0 Å². The van der Waals surface area contributed by atoms with Crippen LogP contribution in [0.2, 0.25) is 0 Å². The minimum atomic E-state index is -4.33. The van der Waals surface area contributed by atoms with E-state index >= 15 is 0 Å². The summed E-state index contributed by atoms with van der Waals surface area (Å²) in [5, 5.41) is 3.59. The van der Waals surface area contributed by atoms with Crippen molar-refractivity contribution in [3.8, 4) is 0 Å². The van der Waals surface area contributed by atoms with E-state index in [1.807, 2.05) is 0 Å². The normalized spacial score (nSPS) is 18.4. The van der Waals surface area contributed by atoms with Crippen LogP contribution in [0.3, 0.4) is 0 Å². The molecule has 1 aliphatic carbocycles. The van der Waals surface area contributed by atoms with Gasteiger partial charge < -0.3 is 5.32 Å². The molecule has 112 valence electrons. The van der Waals surface area contributed by atoms with Gasteiger partial charge in [-0.3, -0.25) is 4.98 Å². The van der Waals surface area contributed by atoms with E-state index in [0.29, 0.717) is 11.0 Å². The van der Waals surface area contributed by atoms with Gasteiger partial charge in [0.15, 0.2) is 0 Å². The van der Waals surface area contributed by atoms with Crippen molar-refractivity contribution in [1.29, 1.82) is 0 Å². The van der Waals surface area contributed by atoms with Gasteiger partial charge in [-0.1, -0.05) is 12.8 Å². The van der Waals surface area contributed by atoms with E-state index < -0.39 is 11.7 Å². The van der Waals surface area contributed by atoms with Gasteiger partial charge in [-0.15, -0.1) is 0 Å². The third-order valence-corrected chi connectivity index (χ3v) is 5.15. The van der Waals surface area contributed by atoms with Crippen LogP contribution < -0.4 is 5.32 Å². The fourth-order valence-electron chi connectivity index (χ4n) is 2.56. The molecule has 0 radical (unpaired) electrons. The van der Waals surface area contributed by atoms with Gasteiger partial charge in [-0.05, 0) is 26.0 Å². The lowest BCUT2D eigenvalue weighted by atomic mass is 10.0. The number of nitrogens with one attached hydrogen (secondary N) is 1. The number of aromatic nitrogens is 1. The molecule has 1 atom stereocenters. The summed E-state index contributed by atoms with van der Waals surface area (Å²) in [6.45, 7) is 0. The summed E-state index contributed by atoms with van der Waals surface area (Å²) in [4.78, 5) is 3.86.